The normalized spacial score (nSPS) is 10.9. The van der Waals surface area contributed by atoms with Crippen LogP contribution in [0.5, 0.6) is 0 Å². The SMILES string of the molecule is CCCN(CCN(C)C)c1cccc(SCC)c1C(=N)N. The molecule has 0 saturated carbocycles. The molecule has 0 atom stereocenters. The fourth-order valence-corrected chi connectivity index (χ4v) is 3.12. The van der Waals surface area contributed by atoms with E-state index < -0.39 is 0 Å². The Kier molecular flexibility index (Phi) is 7.61. The molecule has 0 saturated heterocycles. The summed E-state index contributed by atoms with van der Waals surface area (Å²) in [6, 6.07) is 6.21. The first-order valence-corrected chi connectivity index (χ1v) is 8.49. The van der Waals surface area contributed by atoms with Crippen molar-refractivity contribution in [2.45, 2.75) is 25.2 Å². The van der Waals surface area contributed by atoms with Crippen LogP contribution in [0.25, 0.3) is 0 Å². The van der Waals surface area contributed by atoms with Crippen LogP contribution in [0.15, 0.2) is 23.1 Å². The van der Waals surface area contributed by atoms with Crippen molar-refractivity contribution in [2.75, 3.05) is 44.4 Å². The van der Waals surface area contributed by atoms with Crippen molar-refractivity contribution < 1.29 is 0 Å². The minimum absolute atomic E-state index is 0.160. The van der Waals surface area contributed by atoms with Crippen molar-refractivity contribution in [1.29, 1.82) is 5.41 Å². The maximum absolute atomic E-state index is 7.97. The van der Waals surface area contributed by atoms with E-state index in [1.54, 1.807) is 11.8 Å². The van der Waals surface area contributed by atoms with Crippen LogP contribution in [0.4, 0.5) is 5.69 Å². The zero-order chi connectivity index (χ0) is 15.8. The molecule has 0 radical (unpaired) electrons. The maximum atomic E-state index is 7.97. The van der Waals surface area contributed by atoms with Gasteiger partial charge in [0.25, 0.3) is 0 Å². The summed E-state index contributed by atoms with van der Waals surface area (Å²) in [4.78, 5) is 5.63. The predicted octanol–water partition coefficient (Wildman–Crippen LogP) is 2.86. The number of amidine groups is 1. The average molecular weight is 308 g/mol. The molecule has 4 nitrogen and oxygen atoms in total. The van der Waals surface area contributed by atoms with Gasteiger partial charge in [-0.2, -0.15) is 0 Å². The highest BCUT2D eigenvalue weighted by Gasteiger charge is 2.16. The van der Waals surface area contributed by atoms with Gasteiger partial charge in [0.05, 0.1) is 5.56 Å². The Morgan fingerprint density at radius 2 is 1.90 bits per heavy atom. The van der Waals surface area contributed by atoms with Gasteiger partial charge in [-0.1, -0.05) is 19.9 Å². The largest absolute Gasteiger partial charge is 0.384 e. The van der Waals surface area contributed by atoms with Crippen molar-refractivity contribution in [2.24, 2.45) is 5.73 Å². The van der Waals surface area contributed by atoms with Crippen LogP contribution in [0, 0.1) is 5.41 Å². The Morgan fingerprint density at radius 3 is 2.43 bits per heavy atom. The fraction of sp³-hybridized carbons (Fsp3) is 0.562. The Hall–Kier alpha value is -1.20. The molecule has 1 rings (SSSR count). The second-order valence-corrected chi connectivity index (χ2v) is 6.59. The minimum atomic E-state index is 0.160. The lowest BCUT2D eigenvalue weighted by Crippen LogP contribution is -2.34. The molecule has 3 N–H and O–H groups in total. The van der Waals surface area contributed by atoms with Crippen LogP contribution in [0.2, 0.25) is 0 Å². The van der Waals surface area contributed by atoms with Crippen LogP contribution in [-0.4, -0.2) is 50.2 Å². The van der Waals surface area contributed by atoms with Gasteiger partial charge in [-0.25, -0.2) is 0 Å². The van der Waals surface area contributed by atoms with Gasteiger partial charge in [0, 0.05) is 30.2 Å². The molecule has 5 heteroatoms. The van der Waals surface area contributed by atoms with Crippen molar-refractivity contribution >= 4 is 23.3 Å². The van der Waals surface area contributed by atoms with E-state index in [4.69, 9.17) is 11.1 Å². The molecule has 0 unspecified atom stereocenters. The van der Waals surface area contributed by atoms with Crippen LogP contribution >= 0.6 is 11.8 Å². The molecule has 1 aromatic carbocycles. The van der Waals surface area contributed by atoms with E-state index >= 15 is 0 Å². The maximum Gasteiger partial charge on any atom is 0.126 e. The summed E-state index contributed by atoms with van der Waals surface area (Å²) < 4.78 is 0. The van der Waals surface area contributed by atoms with E-state index in [9.17, 15) is 0 Å². The lowest BCUT2D eigenvalue weighted by molar-refractivity contribution is 0.413. The molecule has 0 aromatic heterocycles. The minimum Gasteiger partial charge on any atom is -0.384 e. The summed E-state index contributed by atoms with van der Waals surface area (Å²) >= 11 is 1.75. The van der Waals surface area contributed by atoms with Crippen LogP contribution < -0.4 is 10.6 Å². The van der Waals surface area contributed by atoms with Gasteiger partial charge < -0.3 is 15.5 Å². The standard InChI is InChI=1S/C16H28N4S/c1-5-10-20(12-11-19(3)4)13-8-7-9-14(21-6-2)15(13)16(17)18/h7-9H,5-6,10-12H2,1-4H3,(H3,17,18). The summed E-state index contributed by atoms with van der Waals surface area (Å²) in [5.74, 6) is 1.14. The summed E-state index contributed by atoms with van der Waals surface area (Å²) in [6.07, 6.45) is 1.08. The Bertz CT molecular complexity index is 460. The van der Waals surface area contributed by atoms with Gasteiger partial charge in [-0.15, -0.1) is 11.8 Å². The molecule has 0 fully saturated rings. The van der Waals surface area contributed by atoms with E-state index in [0.29, 0.717) is 0 Å². The van der Waals surface area contributed by atoms with E-state index in [2.05, 4.69) is 55.9 Å². The number of likely N-dealkylation sites (N-methyl/N-ethyl adjacent to an activating group) is 1. The van der Waals surface area contributed by atoms with Gasteiger partial charge in [0.2, 0.25) is 0 Å². The zero-order valence-electron chi connectivity index (χ0n) is 13.6. The van der Waals surface area contributed by atoms with Crippen LogP contribution in [0.3, 0.4) is 0 Å². The van der Waals surface area contributed by atoms with Gasteiger partial charge in [-0.3, -0.25) is 5.41 Å². The molecular weight excluding hydrogens is 280 g/mol. The van der Waals surface area contributed by atoms with Crippen molar-refractivity contribution in [1.82, 2.24) is 4.90 Å². The molecule has 21 heavy (non-hydrogen) atoms. The number of anilines is 1. The van der Waals surface area contributed by atoms with Gasteiger partial charge in [-0.05, 0) is 38.4 Å². The van der Waals surface area contributed by atoms with E-state index in [0.717, 1.165) is 48.0 Å². The highest BCUT2D eigenvalue weighted by Crippen LogP contribution is 2.30. The number of hydrogen-bond donors (Lipinski definition) is 2. The third kappa shape index (κ3) is 5.25. The molecule has 118 valence electrons. The van der Waals surface area contributed by atoms with Gasteiger partial charge >= 0.3 is 0 Å². The Labute approximate surface area is 133 Å². The van der Waals surface area contributed by atoms with E-state index in [1.807, 2.05) is 0 Å². The first-order chi connectivity index (χ1) is 10.0. The average Bonchev–Trinajstić information content (AvgIpc) is 2.43. The van der Waals surface area contributed by atoms with E-state index in [-0.39, 0.29) is 5.84 Å². The molecule has 0 spiro atoms. The summed E-state index contributed by atoms with van der Waals surface area (Å²) in [5, 5.41) is 7.97. The topological polar surface area (TPSA) is 56.4 Å². The molecule has 0 aliphatic rings. The molecule has 0 aliphatic carbocycles. The third-order valence-electron chi connectivity index (χ3n) is 3.22. The molecule has 0 bridgehead atoms. The first kappa shape index (κ1) is 17.9. The summed E-state index contributed by atoms with van der Waals surface area (Å²) in [5.41, 5.74) is 7.84. The first-order valence-electron chi connectivity index (χ1n) is 7.51. The van der Waals surface area contributed by atoms with Crippen molar-refractivity contribution in [3.8, 4) is 0 Å². The third-order valence-corrected chi connectivity index (χ3v) is 4.16. The lowest BCUT2D eigenvalue weighted by Gasteiger charge is -2.28. The Balaban J connectivity index is 3.16. The lowest BCUT2D eigenvalue weighted by atomic mass is 10.1. The van der Waals surface area contributed by atoms with Crippen molar-refractivity contribution in [3.05, 3.63) is 23.8 Å². The van der Waals surface area contributed by atoms with Crippen LogP contribution in [0.1, 0.15) is 25.8 Å². The number of nitrogen functional groups attached to an aromatic ring is 1. The fourth-order valence-electron chi connectivity index (χ4n) is 2.27. The van der Waals surface area contributed by atoms with E-state index in [1.165, 1.54) is 0 Å². The molecule has 1 aromatic rings. The summed E-state index contributed by atoms with van der Waals surface area (Å²) in [7, 11) is 4.17. The quantitative estimate of drug-likeness (QED) is 0.418. The molecular formula is C16H28N4S. The number of benzene rings is 1. The molecule has 0 heterocycles. The predicted molar refractivity (Wildman–Crippen MR) is 94.9 cm³/mol. The number of nitrogens with two attached hydrogens (primary N) is 1. The Morgan fingerprint density at radius 1 is 1.19 bits per heavy atom. The smallest absolute Gasteiger partial charge is 0.126 e. The monoisotopic (exact) mass is 308 g/mol. The highest BCUT2D eigenvalue weighted by atomic mass is 32.2. The zero-order valence-corrected chi connectivity index (χ0v) is 14.5. The number of rotatable bonds is 9. The molecule has 0 aliphatic heterocycles. The number of nitrogens with zero attached hydrogens (tertiary/aromatic N) is 2. The number of nitrogens with one attached hydrogen (secondary N) is 1. The van der Waals surface area contributed by atoms with Gasteiger partial charge in [0.15, 0.2) is 0 Å². The second kappa shape index (κ2) is 8.95. The second-order valence-electron chi connectivity index (χ2n) is 5.29. The summed E-state index contributed by atoms with van der Waals surface area (Å²) in [6.45, 7) is 7.22. The number of thioether (sulfide) groups is 1. The van der Waals surface area contributed by atoms with Crippen LogP contribution in [-0.2, 0) is 0 Å². The molecule has 0 amide bonds. The van der Waals surface area contributed by atoms with Gasteiger partial charge in [0.1, 0.15) is 5.84 Å². The number of hydrogen-bond acceptors (Lipinski definition) is 4. The highest BCUT2D eigenvalue weighted by molar-refractivity contribution is 7.99. The van der Waals surface area contributed by atoms with Crippen molar-refractivity contribution in [3.63, 3.8) is 0 Å².